The fourth-order valence-electron chi connectivity index (χ4n) is 1.63. The number of benzene rings is 1. The lowest BCUT2D eigenvalue weighted by Gasteiger charge is -2.08. The van der Waals surface area contributed by atoms with Crippen LogP contribution < -0.4 is 9.47 Å². The molecule has 0 aliphatic rings. The van der Waals surface area contributed by atoms with Crippen LogP contribution in [0.3, 0.4) is 0 Å². The molecule has 2 rings (SSSR count). The van der Waals surface area contributed by atoms with Crippen molar-refractivity contribution in [2.45, 2.75) is 12.1 Å². The van der Waals surface area contributed by atoms with Crippen LogP contribution in [-0.4, -0.2) is 35.5 Å². The van der Waals surface area contributed by atoms with E-state index in [2.05, 4.69) is 10.2 Å². The molecule has 0 fully saturated rings. The van der Waals surface area contributed by atoms with Gasteiger partial charge in [-0.3, -0.25) is 0 Å². The van der Waals surface area contributed by atoms with Crippen LogP contribution in [0.15, 0.2) is 32.7 Å². The van der Waals surface area contributed by atoms with Crippen molar-refractivity contribution in [2.75, 3.05) is 14.2 Å². The minimum atomic E-state index is -1.10. The second-order valence-corrected chi connectivity index (χ2v) is 5.10. The Morgan fingerprint density at radius 1 is 1.32 bits per heavy atom. The number of carboxylic acids is 1. The van der Waals surface area contributed by atoms with Crippen molar-refractivity contribution >= 4 is 23.8 Å². The lowest BCUT2D eigenvalue weighted by molar-refractivity contribution is -0.131. The predicted molar refractivity (Wildman–Crippen MR) is 80.1 cm³/mol. The van der Waals surface area contributed by atoms with Gasteiger partial charge in [-0.1, -0.05) is 0 Å². The molecule has 0 unspecified atom stereocenters. The van der Waals surface area contributed by atoms with Crippen LogP contribution in [0.2, 0.25) is 0 Å². The molecule has 1 aromatic heterocycles. The van der Waals surface area contributed by atoms with Gasteiger partial charge in [-0.05, 0) is 30.0 Å². The number of nitrogens with zero attached hydrogens (tertiary/aromatic N) is 2. The zero-order valence-corrected chi connectivity index (χ0v) is 13.0. The van der Waals surface area contributed by atoms with E-state index in [1.54, 1.807) is 32.2 Å². The van der Waals surface area contributed by atoms with Gasteiger partial charge >= 0.3 is 5.97 Å². The molecule has 0 amide bonds. The summed E-state index contributed by atoms with van der Waals surface area (Å²) in [4.78, 5) is 11.4. The smallest absolute Gasteiger partial charge is 0.342 e. The molecule has 2 aromatic rings. The van der Waals surface area contributed by atoms with Crippen molar-refractivity contribution in [2.24, 2.45) is 0 Å². The average Bonchev–Trinajstić information content (AvgIpc) is 2.92. The second-order valence-electron chi connectivity index (χ2n) is 4.11. The number of hydrogen-bond acceptors (Lipinski definition) is 7. The Morgan fingerprint density at radius 2 is 2.09 bits per heavy atom. The van der Waals surface area contributed by atoms with E-state index < -0.39 is 5.97 Å². The SMILES string of the molecule is COc1ccc(/C=C(\Sc2nnc(C)o2)C(=O)O)c(OC)c1. The summed E-state index contributed by atoms with van der Waals surface area (Å²) in [5.41, 5.74) is 0.601. The fraction of sp³-hybridized carbons (Fsp3) is 0.214. The molecule has 0 saturated carbocycles. The first-order chi connectivity index (χ1) is 10.5. The summed E-state index contributed by atoms with van der Waals surface area (Å²) in [5.74, 6) is 0.388. The molecule has 0 aliphatic carbocycles. The molecule has 0 atom stereocenters. The normalized spacial score (nSPS) is 11.3. The van der Waals surface area contributed by atoms with Crippen LogP contribution in [0.4, 0.5) is 0 Å². The Labute approximate surface area is 130 Å². The van der Waals surface area contributed by atoms with E-state index >= 15 is 0 Å². The van der Waals surface area contributed by atoms with Crippen molar-refractivity contribution in [3.63, 3.8) is 0 Å². The quantitative estimate of drug-likeness (QED) is 0.640. The number of aliphatic carboxylic acids is 1. The van der Waals surface area contributed by atoms with E-state index in [1.165, 1.54) is 13.2 Å². The first-order valence-electron chi connectivity index (χ1n) is 6.18. The summed E-state index contributed by atoms with van der Waals surface area (Å²) in [6, 6.07) is 5.10. The number of carbonyl (C=O) groups is 1. The number of methoxy groups -OCH3 is 2. The number of hydrogen-bond donors (Lipinski definition) is 1. The maximum absolute atomic E-state index is 11.4. The lowest BCUT2D eigenvalue weighted by Crippen LogP contribution is -1.98. The van der Waals surface area contributed by atoms with Crippen molar-refractivity contribution in [3.8, 4) is 11.5 Å². The highest BCUT2D eigenvalue weighted by molar-refractivity contribution is 8.03. The maximum atomic E-state index is 11.4. The van der Waals surface area contributed by atoms with Crippen LogP contribution >= 0.6 is 11.8 Å². The number of rotatable bonds is 6. The van der Waals surface area contributed by atoms with Crippen LogP contribution in [-0.2, 0) is 4.79 Å². The molecular weight excluding hydrogens is 308 g/mol. The number of ether oxygens (including phenoxy) is 2. The van der Waals surface area contributed by atoms with Crippen molar-refractivity contribution in [3.05, 3.63) is 34.6 Å². The molecular formula is C14H14N2O5S. The Morgan fingerprint density at radius 3 is 2.64 bits per heavy atom. The highest BCUT2D eigenvalue weighted by Crippen LogP contribution is 2.31. The lowest BCUT2D eigenvalue weighted by atomic mass is 10.1. The molecule has 0 bridgehead atoms. The van der Waals surface area contributed by atoms with Gasteiger partial charge in [-0.15, -0.1) is 10.2 Å². The zero-order valence-electron chi connectivity index (χ0n) is 12.2. The third-order valence-electron chi connectivity index (χ3n) is 2.64. The molecule has 7 nitrogen and oxygen atoms in total. The van der Waals surface area contributed by atoms with Gasteiger partial charge in [-0.2, -0.15) is 0 Å². The standard InChI is InChI=1S/C14H14N2O5S/c1-8-15-16-14(21-8)22-12(13(17)18)6-9-4-5-10(19-2)7-11(9)20-3/h4-7H,1-3H3,(H,17,18)/b12-6-. The zero-order chi connectivity index (χ0) is 16.1. The topological polar surface area (TPSA) is 94.7 Å². The van der Waals surface area contributed by atoms with Gasteiger partial charge in [-0.25, -0.2) is 4.79 Å². The van der Waals surface area contributed by atoms with Crippen LogP contribution in [0.1, 0.15) is 11.5 Å². The van der Waals surface area contributed by atoms with Gasteiger partial charge in [0.1, 0.15) is 16.4 Å². The minimum absolute atomic E-state index is 0.0344. The van der Waals surface area contributed by atoms with Gasteiger partial charge in [0.15, 0.2) is 0 Å². The Balaban J connectivity index is 2.35. The predicted octanol–water partition coefficient (Wildman–Crippen LogP) is 2.61. The maximum Gasteiger partial charge on any atom is 0.342 e. The molecule has 1 aromatic carbocycles. The van der Waals surface area contributed by atoms with E-state index in [9.17, 15) is 9.90 Å². The van der Waals surface area contributed by atoms with E-state index in [-0.39, 0.29) is 10.1 Å². The van der Waals surface area contributed by atoms with Gasteiger partial charge in [0.25, 0.3) is 5.22 Å². The fourth-order valence-corrected chi connectivity index (χ4v) is 2.33. The summed E-state index contributed by atoms with van der Waals surface area (Å²) in [6.07, 6.45) is 1.48. The molecule has 0 radical (unpaired) electrons. The number of carboxylic acid groups (broad SMARTS) is 1. The minimum Gasteiger partial charge on any atom is -0.497 e. The van der Waals surface area contributed by atoms with E-state index in [0.717, 1.165) is 11.8 Å². The number of aromatic nitrogens is 2. The molecule has 22 heavy (non-hydrogen) atoms. The molecule has 0 saturated heterocycles. The molecule has 116 valence electrons. The molecule has 8 heteroatoms. The molecule has 1 N–H and O–H groups in total. The third kappa shape index (κ3) is 3.79. The second kappa shape index (κ2) is 6.99. The first-order valence-corrected chi connectivity index (χ1v) is 7.00. The largest absolute Gasteiger partial charge is 0.497 e. The van der Waals surface area contributed by atoms with Crippen molar-refractivity contribution in [1.29, 1.82) is 0 Å². The average molecular weight is 322 g/mol. The number of thioether (sulfide) groups is 1. The number of aryl methyl sites for hydroxylation is 1. The third-order valence-corrected chi connectivity index (χ3v) is 3.49. The van der Waals surface area contributed by atoms with E-state index in [4.69, 9.17) is 13.9 Å². The summed E-state index contributed by atoms with van der Waals surface area (Å²) >= 11 is 0.876. The van der Waals surface area contributed by atoms with Crippen LogP contribution in [0.25, 0.3) is 6.08 Å². The Kier molecular flexibility index (Phi) is 5.05. The van der Waals surface area contributed by atoms with Crippen LogP contribution in [0, 0.1) is 6.92 Å². The highest BCUT2D eigenvalue weighted by atomic mass is 32.2. The van der Waals surface area contributed by atoms with Gasteiger partial charge in [0.2, 0.25) is 5.89 Å². The Hall–Kier alpha value is -2.48. The molecule has 0 aliphatic heterocycles. The monoisotopic (exact) mass is 322 g/mol. The van der Waals surface area contributed by atoms with Crippen molar-refractivity contribution in [1.82, 2.24) is 10.2 Å². The van der Waals surface area contributed by atoms with Gasteiger partial charge in [0.05, 0.1) is 14.2 Å². The Bertz CT molecular complexity index is 711. The summed E-state index contributed by atoms with van der Waals surface area (Å²) < 4.78 is 15.5. The van der Waals surface area contributed by atoms with E-state index in [1.807, 2.05) is 0 Å². The van der Waals surface area contributed by atoms with Crippen molar-refractivity contribution < 1.29 is 23.8 Å². The van der Waals surface area contributed by atoms with Crippen LogP contribution in [0.5, 0.6) is 11.5 Å². The van der Waals surface area contributed by atoms with E-state index in [0.29, 0.717) is 23.0 Å². The molecule has 1 heterocycles. The summed E-state index contributed by atoms with van der Waals surface area (Å²) in [6.45, 7) is 1.63. The molecule has 0 spiro atoms. The summed E-state index contributed by atoms with van der Waals surface area (Å²) in [7, 11) is 3.04. The first kappa shape index (κ1) is 15.9. The summed E-state index contributed by atoms with van der Waals surface area (Å²) in [5, 5.41) is 16.9. The van der Waals surface area contributed by atoms with Gasteiger partial charge < -0.3 is 19.0 Å². The highest BCUT2D eigenvalue weighted by Gasteiger charge is 2.15. The van der Waals surface area contributed by atoms with Gasteiger partial charge in [0, 0.05) is 18.6 Å².